The minimum atomic E-state index is 1.19. The topological polar surface area (TPSA) is 12.4 Å². The maximum absolute atomic E-state index is 3.98. The predicted molar refractivity (Wildman–Crippen MR) is 54.4 cm³/mol. The zero-order chi connectivity index (χ0) is 8.81. The van der Waals surface area contributed by atoms with Crippen molar-refractivity contribution < 1.29 is 0 Å². The van der Waals surface area contributed by atoms with Gasteiger partial charge in [0.2, 0.25) is 0 Å². The van der Waals surface area contributed by atoms with Crippen molar-refractivity contribution in [2.45, 2.75) is 13.8 Å². The SMILES string of the molecule is CC=N/C=C/c1ccc(C)cc1. The van der Waals surface area contributed by atoms with Crippen molar-refractivity contribution in [1.82, 2.24) is 0 Å². The van der Waals surface area contributed by atoms with Crippen LogP contribution in [0.1, 0.15) is 18.1 Å². The summed E-state index contributed by atoms with van der Waals surface area (Å²) >= 11 is 0. The third-order valence-electron chi connectivity index (χ3n) is 1.58. The number of benzene rings is 1. The molecule has 1 nitrogen and oxygen atoms in total. The first kappa shape index (κ1) is 8.72. The summed E-state index contributed by atoms with van der Waals surface area (Å²) in [7, 11) is 0. The van der Waals surface area contributed by atoms with Crippen LogP contribution in [0.2, 0.25) is 0 Å². The van der Waals surface area contributed by atoms with E-state index in [1.807, 2.05) is 13.0 Å². The molecule has 0 spiro atoms. The van der Waals surface area contributed by atoms with Crippen LogP contribution in [-0.4, -0.2) is 6.21 Å². The summed E-state index contributed by atoms with van der Waals surface area (Å²) in [5, 5.41) is 0. The van der Waals surface area contributed by atoms with E-state index in [9.17, 15) is 0 Å². The lowest BCUT2D eigenvalue weighted by Crippen LogP contribution is -1.72. The maximum atomic E-state index is 3.98. The Kier molecular flexibility index (Phi) is 3.27. The van der Waals surface area contributed by atoms with Crippen LogP contribution < -0.4 is 0 Å². The average molecular weight is 159 g/mol. The Morgan fingerprint density at radius 1 is 1.17 bits per heavy atom. The first-order chi connectivity index (χ1) is 5.83. The predicted octanol–water partition coefficient (Wildman–Crippen LogP) is 3.06. The van der Waals surface area contributed by atoms with Gasteiger partial charge in [-0.2, -0.15) is 0 Å². The largest absolute Gasteiger partial charge is 0.269 e. The Labute approximate surface area is 73.5 Å². The highest BCUT2D eigenvalue weighted by atomic mass is 14.6. The molecule has 1 aromatic carbocycles. The van der Waals surface area contributed by atoms with Crippen LogP contribution in [0.5, 0.6) is 0 Å². The Bertz CT molecular complexity index is 280. The Morgan fingerprint density at radius 3 is 2.42 bits per heavy atom. The van der Waals surface area contributed by atoms with Gasteiger partial charge in [0.1, 0.15) is 0 Å². The molecular formula is C11H13N. The normalized spacial score (nSPS) is 11.5. The molecule has 0 N–H and O–H groups in total. The molecule has 0 radical (unpaired) electrons. The second-order valence-electron chi connectivity index (χ2n) is 2.63. The number of hydrogen-bond donors (Lipinski definition) is 0. The van der Waals surface area contributed by atoms with Gasteiger partial charge < -0.3 is 0 Å². The van der Waals surface area contributed by atoms with E-state index in [-0.39, 0.29) is 0 Å². The molecule has 0 aliphatic heterocycles. The molecule has 0 heterocycles. The lowest BCUT2D eigenvalue weighted by atomic mass is 10.1. The number of aryl methyl sites for hydroxylation is 1. The fraction of sp³-hybridized carbons (Fsp3) is 0.182. The van der Waals surface area contributed by atoms with Crippen molar-refractivity contribution in [3.63, 3.8) is 0 Å². The molecule has 1 heteroatoms. The van der Waals surface area contributed by atoms with Gasteiger partial charge in [-0.3, -0.25) is 4.99 Å². The molecular weight excluding hydrogens is 146 g/mol. The van der Waals surface area contributed by atoms with Crippen molar-refractivity contribution >= 4 is 12.3 Å². The second kappa shape index (κ2) is 4.50. The van der Waals surface area contributed by atoms with Gasteiger partial charge >= 0.3 is 0 Å². The molecule has 0 fully saturated rings. The van der Waals surface area contributed by atoms with E-state index < -0.39 is 0 Å². The Morgan fingerprint density at radius 2 is 1.83 bits per heavy atom. The van der Waals surface area contributed by atoms with Gasteiger partial charge in [-0.1, -0.05) is 29.8 Å². The lowest BCUT2D eigenvalue weighted by molar-refractivity contribution is 1.46. The Hall–Kier alpha value is -1.37. The highest BCUT2D eigenvalue weighted by molar-refractivity contribution is 5.57. The summed E-state index contributed by atoms with van der Waals surface area (Å²) in [5.74, 6) is 0. The molecule has 0 atom stereocenters. The van der Waals surface area contributed by atoms with E-state index >= 15 is 0 Å². The molecule has 0 aromatic heterocycles. The van der Waals surface area contributed by atoms with Crippen LogP contribution in [0.25, 0.3) is 6.08 Å². The van der Waals surface area contributed by atoms with Crippen LogP contribution in [0.15, 0.2) is 35.5 Å². The lowest BCUT2D eigenvalue weighted by Gasteiger charge is -1.92. The standard InChI is InChI=1S/C11H13N/c1-3-12-9-8-11-6-4-10(2)5-7-11/h3-9H,1-2H3/b9-8+,12-3?. The summed E-state index contributed by atoms with van der Waals surface area (Å²) < 4.78 is 0. The van der Waals surface area contributed by atoms with Gasteiger partial charge in [0.25, 0.3) is 0 Å². The molecule has 0 aliphatic carbocycles. The van der Waals surface area contributed by atoms with Crippen LogP contribution in [0.4, 0.5) is 0 Å². The van der Waals surface area contributed by atoms with Gasteiger partial charge in [0.15, 0.2) is 0 Å². The highest BCUT2D eigenvalue weighted by Gasteiger charge is 1.84. The highest BCUT2D eigenvalue weighted by Crippen LogP contribution is 2.04. The number of aliphatic imine (C=N–C) groups is 1. The van der Waals surface area contributed by atoms with Crippen molar-refractivity contribution in [3.05, 3.63) is 41.6 Å². The fourth-order valence-corrected chi connectivity index (χ4v) is 0.893. The number of nitrogens with zero attached hydrogens (tertiary/aromatic N) is 1. The van der Waals surface area contributed by atoms with Gasteiger partial charge in [-0.05, 0) is 25.5 Å². The summed E-state index contributed by atoms with van der Waals surface area (Å²) in [5.41, 5.74) is 2.47. The molecule has 0 unspecified atom stereocenters. The summed E-state index contributed by atoms with van der Waals surface area (Å²) in [6.07, 6.45) is 5.55. The third-order valence-corrected chi connectivity index (χ3v) is 1.58. The van der Waals surface area contributed by atoms with Gasteiger partial charge in [0, 0.05) is 12.4 Å². The maximum Gasteiger partial charge on any atom is 0.0269 e. The van der Waals surface area contributed by atoms with E-state index in [4.69, 9.17) is 0 Å². The van der Waals surface area contributed by atoms with E-state index in [0.717, 1.165) is 0 Å². The second-order valence-corrected chi connectivity index (χ2v) is 2.63. The summed E-state index contributed by atoms with van der Waals surface area (Å²) in [6, 6.07) is 8.35. The van der Waals surface area contributed by atoms with E-state index in [2.05, 4.69) is 36.2 Å². The van der Waals surface area contributed by atoms with Crippen LogP contribution >= 0.6 is 0 Å². The fourth-order valence-electron chi connectivity index (χ4n) is 0.893. The molecule has 0 saturated heterocycles. The van der Waals surface area contributed by atoms with Gasteiger partial charge in [0.05, 0.1) is 0 Å². The van der Waals surface area contributed by atoms with Crippen LogP contribution in [0, 0.1) is 6.92 Å². The molecule has 0 bridgehead atoms. The minimum Gasteiger partial charge on any atom is -0.269 e. The molecule has 1 aromatic rings. The van der Waals surface area contributed by atoms with Crippen molar-refractivity contribution in [1.29, 1.82) is 0 Å². The average Bonchev–Trinajstić information content (AvgIpc) is 2.09. The van der Waals surface area contributed by atoms with E-state index in [0.29, 0.717) is 0 Å². The number of rotatable bonds is 2. The molecule has 0 saturated carbocycles. The zero-order valence-corrected chi connectivity index (χ0v) is 7.49. The monoisotopic (exact) mass is 159 g/mol. The van der Waals surface area contributed by atoms with Gasteiger partial charge in [-0.15, -0.1) is 0 Å². The smallest absolute Gasteiger partial charge is 0.0269 e. The first-order valence-corrected chi connectivity index (χ1v) is 4.04. The van der Waals surface area contributed by atoms with Crippen molar-refractivity contribution in [2.75, 3.05) is 0 Å². The zero-order valence-electron chi connectivity index (χ0n) is 7.49. The third kappa shape index (κ3) is 2.70. The molecule has 62 valence electrons. The van der Waals surface area contributed by atoms with Gasteiger partial charge in [-0.25, -0.2) is 0 Å². The molecule has 0 amide bonds. The minimum absolute atomic E-state index is 1.19. The van der Waals surface area contributed by atoms with Crippen LogP contribution in [0.3, 0.4) is 0 Å². The van der Waals surface area contributed by atoms with Crippen molar-refractivity contribution in [3.8, 4) is 0 Å². The van der Waals surface area contributed by atoms with Crippen LogP contribution in [-0.2, 0) is 0 Å². The number of hydrogen-bond acceptors (Lipinski definition) is 1. The first-order valence-electron chi connectivity index (χ1n) is 4.04. The summed E-state index contributed by atoms with van der Waals surface area (Å²) in [4.78, 5) is 3.98. The quantitative estimate of drug-likeness (QED) is 0.588. The van der Waals surface area contributed by atoms with Crippen molar-refractivity contribution in [2.24, 2.45) is 4.99 Å². The van der Waals surface area contributed by atoms with E-state index in [1.165, 1.54) is 11.1 Å². The molecule has 0 aliphatic rings. The molecule has 1 rings (SSSR count). The summed E-state index contributed by atoms with van der Waals surface area (Å²) in [6.45, 7) is 3.98. The van der Waals surface area contributed by atoms with E-state index in [1.54, 1.807) is 12.4 Å². The Balaban J connectivity index is 2.70. The molecule has 12 heavy (non-hydrogen) atoms.